The first kappa shape index (κ1) is 16.6. The van der Waals surface area contributed by atoms with Gasteiger partial charge in [-0.05, 0) is 24.6 Å². The van der Waals surface area contributed by atoms with Crippen LogP contribution in [0.25, 0.3) is 0 Å². The van der Waals surface area contributed by atoms with Gasteiger partial charge in [0, 0.05) is 25.2 Å². The van der Waals surface area contributed by atoms with E-state index >= 15 is 0 Å². The summed E-state index contributed by atoms with van der Waals surface area (Å²) in [6.45, 7) is 4.01. The van der Waals surface area contributed by atoms with Gasteiger partial charge >= 0.3 is 15.6 Å². The second kappa shape index (κ2) is 5.79. The number of hydrogen-bond donors (Lipinski definition) is 0. The summed E-state index contributed by atoms with van der Waals surface area (Å²) in [5, 5.41) is 0. The van der Waals surface area contributed by atoms with Crippen LogP contribution in [0.5, 0.6) is 0 Å². The van der Waals surface area contributed by atoms with Crippen molar-refractivity contribution in [3.63, 3.8) is 0 Å². The Kier molecular flexibility index (Phi) is 4.37. The predicted octanol–water partition coefficient (Wildman–Crippen LogP) is 2.60. The highest BCUT2D eigenvalue weighted by Gasteiger charge is 2.49. The van der Waals surface area contributed by atoms with E-state index < -0.39 is 21.5 Å². The number of halogens is 3. The van der Waals surface area contributed by atoms with Gasteiger partial charge in [0.15, 0.2) is 0 Å². The molecule has 2 rings (SSSR count). The maximum atomic E-state index is 12.3. The van der Waals surface area contributed by atoms with E-state index in [0.29, 0.717) is 12.4 Å². The van der Waals surface area contributed by atoms with E-state index in [1.54, 1.807) is 19.2 Å². The summed E-state index contributed by atoms with van der Waals surface area (Å²) in [6, 6.07) is 3.66. The molecule has 1 aliphatic heterocycles. The van der Waals surface area contributed by atoms with Crippen molar-refractivity contribution in [1.82, 2.24) is 4.98 Å². The van der Waals surface area contributed by atoms with Crippen molar-refractivity contribution >= 4 is 15.9 Å². The first-order valence-electron chi connectivity index (χ1n) is 6.49. The number of aryl methyl sites for hydroxylation is 1. The first-order chi connectivity index (χ1) is 10.1. The number of hydrogen-bond acceptors (Lipinski definition) is 5. The quantitative estimate of drug-likeness (QED) is 0.627. The molecule has 0 aliphatic carbocycles. The Hall–Kier alpha value is -1.77. The third-order valence-corrected chi connectivity index (χ3v) is 4.24. The highest BCUT2D eigenvalue weighted by Crippen LogP contribution is 2.31. The fraction of sp³-hybridized carbons (Fsp3) is 0.462. The van der Waals surface area contributed by atoms with Gasteiger partial charge in [0.2, 0.25) is 0 Å². The van der Waals surface area contributed by atoms with Crippen molar-refractivity contribution in [2.24, 2.45) is 5.92 Å². The number of alkyl halides is 3. The van der Waals surface area contributed by atoms with E-state index in [9.17, 15) is 21.6 Å². The standard InChI is InChI=1S/C13H15F3N2O3S/c1-9-4-3-6-17-12(9)18-7-5-11(10(2)8-18)21-22(19,20)13(14,15)16/h3-6,10H,7-8H2,1-2H3. The third-order valence-electron chi connectivity index (χ3n) is 3.26. The number of pyridine rings is 1. The monoisotopic (exact) mass is 336 g/mol. The summed E-state index contributed by atoms with van der Waals surface area (Å²) >= 11 is 0. The smallest absolute Gasteiger partial charge is 0.380 e. The molecule has 22 heavy (non-hydrogen) atoms. The zero-order valence-corrected chi connectivity index (χ0v) is 12.8. The summed E-state index contributed by atoms with van der Waals surface area (Å²) in [4.78, 5) is 6.09. The minimum absolute atomic E-state index is 0.192. The molecule has 1 aromatic rings. The minimum atomic E-state index is -5.62. The number of aromatic nitrogens is 1. The summed E-state index contributed by atoms with van der Waals surface area (Å²) in [5.41, 5.74) is -4.50. The topological polar surface area (TPSA) is 59.5 Å². The largest absolute Gasteiger partial charge is 0.534 e. The van der Waals surface area contributed by atoms with E-state index in [0.717, 1.165) is 5.56 Å². The van der Waals surface area contributed by atoms with E-state index in [4.69, 9.17) is 0 Å². The average Bonchev–Trinajstić information content (AvgIpc) is 2.40. The molecule has 0 spiro atoms. The van der Waals surface area contributed by atoms with Gasteiger partial charge in [0.25, 0.3) is 0 Å². The van der Waals surface area contributed by atoms with Crippen LogP contribution in [0.2, 0.25) is 0 Å². The minimum Gasteiger partial charge on any atom is -0.380 e. The molecule has 0 fully saturated rings. The van der Waals surface area contributed by atoms with Crippen LogP contribution in [0.15, 0.2) is 30.2 Å². The van der Waals surface area contributed by atoms with Gasteiger partial charge in [0.1, 0.15) is 11.6 Å². The molecule has 1 aliphatic rings. The second-order valence-corrected chi connectivity index (χ2v) is 6.58. The molecule has 0 bridgehead atoms. The molecular weight excluding hydrogens is 321 g/mol. The van der Waals surface area contributed by atoms with Crippen LogP contribution < -0.4 is 4.90 Å². The first-order valence-corrected chi connectivity index (χ1v) is 7.90. The van der Waals surface area contributed by atoms with Gasteiger partial charge in [-0.25, -0.2) is 4.98 Å². The summed E-state index contributed by atoms with van der Waals surface area (Å²) in [7, 11) is -5.62. The van der Waals surface area contributed by atoms with Gasteiger partial charge in [-0.1, -0.05) is 13.0 Å². The third kappa shape index (κ3) is 3.34. The lowest BCUT2D eigenvalue weighted by atomic mass is 10.0. The van der Waals surface area contributed by atoms with Crippen molar-refractivity contribution in [2.45, 2.75) is 19.4 Å². The predicted molar refractivity (Wildman–Crippen MR) is 74.5 cm³/mol. The van der Waals surface area contributed by atoms with Crippen molar-refractivity contribution in [3.05, 3.63) is 35.7 Å². The molecule has 0 amide bonds. The average molecular weight is 336 g/mol. The molecule has 9 heteroatoms. The molecule has 2 heterocycles. The van der Waals surface area contributed by atoms with Crippen LogP contribution in [-0.2, 0) is 14.3 Å². The molecule has 0 saturated heterocycles. The van der Waals surface area contributed by atoms with Crippen LogP contribution >= 0.6 is 0 Å². The lowest BCUT2D eigenvalue weighted by Crippen LogP contribution is -2.37. The van der Waals surface area contributed by atoms with E-state index in [-0.39, 0.29) is 12.3 Å². The van der Waals surface area contributed by atoms with Crippen molar-refractivity contribution < 1.29 is 25.8 Å². The van der Waals surface area contributed by atoms with Crippen LogP contribution in [0.1, 0.15) is 12.5 Å². The zero-order chi connectivity index (χ0) is 16.5. The molecular formula is C13H15F3N2O3S. The van der Waals surface area contributed by atoms with Gasteiger partial charge in [-0.3, -0.25) is 0 Å². The summed E-state index contributed by atoms with van der Waals surface area (Å²) in [6.07, 6.45) is 2.96. The SMILES string of the molecule is Cc1cccnc1N1CC=C(OS(=O)(=O)C(F)(F)F)C(C)C1. The van der Waals surface area contributed by atoms with Gasteiger partial charge < -0.3 is 9.08 Å². The van der Waals surface area contributed by atoms with E-state index in [2.05, 4.69) is 9.17 Å². The summed E-state index contributed by atoms with van der Waals surface area (Å²) in [5.74, 6) is 0.0118. The van der Waals surface area contributed by atoms with Crippen molar-refractivity contribution in [1.29, 1.82) is 0 Å². The second-order valence-electron chi connectivity index (χ2n) is 5.04. The Bertz CT molecular complexity index is 686. The van der Waals surface area contributed by atoms with Gasteiger partial charge in [0.05, 0.1) is 0 Å². The number of rotatable bonds is 3. The molecule has 5 nitrogen and oxygen atoms in total. The highest BCUT2D eigenvalue weighted by atomic mass is 32.2. The van der Waals surface area contributed by atoms with E-state index in [1.807, 2.05) is 17.9 Å². The van der Waals surface area contributed by atoms with Crippen LogP contribution in [0, 0.1) is 12.8 Å². The molecule has 1 aromatic heterocycles. The number of nitrogens with zero attached hydrogens (tertiary/aromatic N) is 2. The number of anilines is 1. The Balaban J connectivity index is 2.18. The van der Waals surface area contributed by atoms with Crippen LogP contribution in [0.4, 0.5) is 19.0 Å². The fourth-order valence-corrected chi connectivity index (χ4v) is 2.75. The Morgan fingerprint density at radius 3 is 2.64 bits per heavy atom. The lowest BCUT2D eigenvalue weighted by molar-refractivity contribution is -0.0526. The normalized spacial score (nSPS) is 19.8. The molecule has 0 N–H and O–H groups in total. The van der Waals surface area contributed by atoms with Crippen molar-refractivity contribution in [3.8, 4) is 0 Å². The lowest BCUT2D eigenvalue weighted by Gasteiger charge is -2.32. The maximum Gasteiger partial charge on any atom is 0.534 e. The molecule has 1 atom stereocenters. The summed E-state index contributed by atoms with van der Waals surface area (Å²) < 4.78 is 63.4. The molecule has 0 saturated carbocycles. The highest BCUT2D eigenvalue weighted by molar-refractivity contribution is 7.87. The molecule has 0 radical (unpaired) electrons. The Morgan fingerprint density at radius 2 is 2.09 bits per heavy atom. The van der Waals surface area contributed by atoms with Crippen LogP contribution in [-0.4, -0.2) is 32.0 Å². The van der Waals surface area contributed by atoms with Gasteiger partial charge in [-0.2, -0.15) is 21.6 Å². The van der Waals surface area contributed by atoms with Crippen molar-refractivity contribution in [2.75, 3.05) is 18.0 Å². The molecule has 0 aromatic carbocycles. The van der Waals surface area contributed by atoms with Gasteiger partial charge in [-0.15, -0.1) is 0 Å². The molecule has 122 valence electrons. The van der Waals surface area contributed by atoms with E-state index in [1.165, 1.54) is 6.08 Å². The fourth-order valence-electron chi connectivity index (χ4n) is 2.17. The van der Waals surface area contributed by atoms with Crippen LogP contribution in [0.3, 0.4) is 0 Å². The Morgan fingerprint density at radius 1 is 1.41 bits per heavy atom. The zero-order valence-electron chi connectivity index (χ0n) is 12.0. The maximum absolute atomic E-state index is 12.3. The Labute approximate surface area is 126 Å². The molecule has 1 unspecified atom stereocenters.